The standard InChI is InChI=1S/C15H22N4OS/c1-10(2)14-16-6-7-19(14)11(3)15(20)18(5)8-13-9-21-12(4)17-13/h6-7,9-11H,8H2,1-5H3/t11-/m0/s1. The van der Waals surface area contributed by atoms with Gasteiger partial charge in [0.1, 0.15) is 11.9 Å². The minimum absolute atomic E-state index is 0.0700. The maximum Gasteiger partial charge on any atom is 0.245 e. The third kappa shape index (κ3) is 3.50. The van der Waals surface area contributed by atoms with Crippen LogP contribution < -0.4 is 0 Å². The fourth-order valence-corrected chi connectivity index (χ4v) is 2.94. The molecule has 1 atom stereocenters. The predicted octanol–water partition coefficient (Wildman–Crippen LogP) is 2.99. The molecule has 0 aliphatic heterocycles. The van der Waals surface area contributed by atoms with Crippen molar-refractivity contribution < 1.29 is 4.79 Å². The fourth-order valence-electron chi connectivity index (χ4n) is 2.34. The van der Waals surface area contributed by atoms with Crippen molar-refractivity contribution in [3.05, 3.63) is 34.3 Å². The quantitative estimate of drug-likeness (QED) is 0.853. The number of hydrogen-bond acceptors (Lipinski definition) is 4. The Hall–Kier alpha value is -1.69. The van der Waals surface area contributed by atoms with Gasteiger partial charge in [-0.3, -0.25) is 4.79 Å². The number of nitrogens with zero attached hydrogens (tertiary/aromatic N) is 4. The van der Waals surface area contributed by atoms with Crippen molar-refractivity contribution in [2.75, 3.05) is 7.05 Å². The molecule has 0 saturated carbocycles. The van der Waals surface area contributed by atoms with Gasteiger partial charge in [-0.05, 0) is 13.8 Å². The number of aryl methyl sites for hydroxylation is 1. The monoisotopic (exact) mass is 306 g/mol. The SMILES string of the molecule is Cc1nc(CN(C)C(=O)[C@H](C)n2ccnc2C(C)C)cs1. The summed E-state index contributed by atoms with van der Waals surface area (Å²) in [7, 11) is 1.82. The number of carbonyl (C=O) groups excluding carboxylic acids is 1. The van der Waals surface area contributed by atoms with E-state index in [4.69, 9.17) is 0 Å². The lowest BCUT2D eigenvalue weighted by molar-refractivity contribution is -0.133. The highest BCUT2D eigenvalue weighted by molar-refractivity contribution is 7.09. The third-order valence-corrected chi connectivity index (χ3v) is 4.25. The van der Waals surface area contributed by atoms with Gasteiger partial charge in [0, 0.05) is 30.7 Å². The molecule has 0 spiro atoms. The number of likely N-dealkylation sites (N-methyl/N-ethyl adjacent to an activating group) is 1. The highest BCUT2D eigenvalue weighted by Gasteiger charge is 2.22. The number of hydrogen-bond donors (Lipinski definition) is 0. The maximum absolute atomic E-state index is 12.6. The van der Waals surface area contributed by atoms with Crippen LogP contribution in [0.3, 0.4) is 0 Å². The van der Waals surface area contributed by atoms with E-state index in [1.807, 2.05) is 37.0 Å². The molecule has 0 N–H and O–H groups in total. The van der Waals surface area contributed by atoms with Gasteiger partial charge >= 0.3 is 0 Å². The van der Waals surface area contributed by atoms with Crippen molar-refractivity contribution >= 4 is 17.2 Å². The highest BCUT2D eigenvalue weighted by Crippen LogP contribution is 2.19. The zero-order valence-electron chi connectivity index (χ0n) is 13.2. The smallest absolute Gasteiger partial charge is 0.245 e. The molecule has 21 heavy (non-hydrogen) atoms. The first-order valence-corrected chi connectivity index (χ1v) is 7.96. The van der Waals surface area contributed by atoms with Crippen LogP contribution in [0.4, 0.5) is 0 Å². The van der Waals surface area contributed by atoms with E-state index < -0.39 is 0 Å². The first kappa shape index (κ1) is 15.7. The van der Waals surface area contributed by atoms with Crippen LogP contribution in [0.1, 0.15) is 49.3 Å². The Morgan fingerprint density at radius 3 is 2.71 bits per heavy atom. The lowest BCUT2D eigenvalue weighted by Gasteiger charge is -2.23. The molecular formula is C15H22N4OS. The largest absolute Gasteiger partial charge is 0.338 e. The zero-order chi connectivity index (χ0) is 15.6. The Bertz CT molecular complexity index is 617. The lowest BCUT2D eigenvalue weighted by atomic mass is 10.2. The van der Waals surface area contributed by atoms with Crippen LogP contribution in [0, 0.1) is 6.92 Å². The minimum atomic E-state index is -0.255. The van der Waals surface area contributed by atoms with Gasteiger partial charge in [-0.1, -0.05) is 13.8 Å². The van der Waals surface area contributed by atoms with Crippen molar-refractivity contribution in [2.45, 2.75) is 46.2 Å². The van der Waals surface area contributed by atoms with Gasteiger partial charge in [0.15, 0.2) is 0 Å². The molecular weight excluding hydrogens is 284 g/mol. The zero-order valence-corrected chi connectivity index (χ0v) is 14.0. The first-order chi connectivity index (χ1) is 9.90. The molecule has 0 saturated heterocycles. The second-order valence-electron chi connectivity index (χ2n) is 5.58. The van der Waals surface area contributed by atoms with E-state index in [0.717, 1.165) is 16.5 Å². The van der Waals surface area contributed by atoms with E-state index in [2.05, 4.69) is 23.8 Å². The summed E-state index contributed by atoms with van der Waals surface area (Å²) < 4.78 is 1.95. The number of aromatic nitrogens is 3. The molecule has 0 aliphatic rings. The molecule has 0 bridgehead atoms. The summed E-state index contributed by atoms with van der Waals surface area (Å²) in [5.41, 5.74) is 0.940. The van der Waals surface area contributed by atoms with E-state index in [0.29, 0.717) is 12.5 Å². The van der Waals surface area contributed by atoms with Crippen molar-refractivity contribution in [1.82, 2.24) is 19.4 Å². The third-order valence-electron chi connectivity index (χ3n) is 3.43. The average Bonchev–Trinajstić information content (AvgIpc) is 3.05. The number of thiazole rings is 1. The Labute approximate surface area is 129 Å². The van der Waals surface area contributed by atoms with Gasteiger partial charge in [-0.15, -0.1) is 11.3 Å². The average molecular weight is 306 g/mol. The number of carbonyl (C=O) groups is 1. The summed E-state index contributed by atoms with van der Waals surface area (Å²) >= 11 is 1.61. The Morgan fingerprint density at radius 2 is 2.14 bits per heavy atom. The molecule has 1 amide bonds. The molecule has 114 valence electrons. The Balaban J connectivity index is 2.09. The predicted molar refractivity (Wildman–Crippen MR) is 84.4 cm³/mol. The lowest BCUT2D eigenvalue weighted by Crippen LogP contribution is -2.33. The van der Waals surface area contributed by atoms with Crippen LogP contribution in [-0.2, 0) is 11.3 Å². The van der Waals surface area contributed by atoms with E-state index in [1.165, 1.54) is 0 Å². The summed E-state index contributed by atoms with van der Waals surface area (Å²) in [6.45, 7) is 8.59. The summed E-state index contributed by atoms with van der Waals surface area (Å²) in [4.78, 5) is 23.1. The molecule has 2 aromatic rings. The van der Waals surface area contributed by atoms with Crippen LogP contribution in [-0.4, -0.2) is 32.4 Å². The molecule has 2 rings (SSSR count). The molecule has 0 fully saturated rings. The van der Waals surface area contributed by atoms with E-state index in [-0.39, 0.29) is 11.9 Å². The van der Waals surface area contributed by atoms with E-state index >= 15 is 0 Å². The highest BCUT2D eigenvalue weighted by atomic mass is 32.1. The molecule has 0 radical (unpaired) electrons. The molecule has 0 aliphatic carbocycles. The van der Waals surface area contributed by atoms with E-state index in [9.17, 15) is 4.79 Å². The van der Waals surface area contributed by atoms with Crippen LogP contribution in [0.5, 0.6) is 0 Å². The number of imidazole rings is 1. The summed E-state index contributed by atoms with van der Waals surface area (Å²) in [6, 6.07) is -0.255. The van der Waals surface area contributed by atoms with Gasteiger partial charge < -0.3 is 9.47 Å². The molecule has 6 heteroatoms. The summed E-state index contributed by atoms with van der Waals surface area (Å²) in [5, 5.41) is 3.02. The second kappa shape index (κ2) is 6.39. The van der Waals surface area contributed by atoms with Gasteiger partial charge in [0.2, 0.25) is 5.91 Å². The molecule has 0 unspecified atom stereocenters. The molecule has 5 nitrogen and oxygen atoms in total. The van der Waals surface area contributed by atoms with Gasteiger partial charge in [0.25, 0.3) is 0 Å². The molecule has 2 aromatic heterocycles. The summed E-state index contributed by atoms with van der Waals surface area (Å²) in [6.07, 6.45) is 3.63. The second-order valence-corrected chi connectivity index (χ2v) is 6.64. The van der Waals surface area contributed by atoms with Crippen molar-refractivity contribution in [3.8, 4) is 0 Å². The van der Waals surface area contributed by atoms with Crippen LogP contribution in [0.2, 0.25) is 0 Å². The fraction of sp³-hybridized carbons (Fsp3) is 0.533. The number of rotatable bonds is 5. The van der Waals surface area contributed by atoms with Crippen molar-refractivity contribution in [2.24, 2.45) is 0 Å². The molecule has 2 heterocycles. The summed E-state index contributed by atoms with van der Waals surface area (Å²) in [5.74, 6) is 1.30. The van der Waals surface area contributed by atoms with Crippen LogP contribution >= 0.6 is 11.3 Å². The van der Waals surface area contributed by atoms with Gasteiger partial charge in [-0.2, -0.15) is 0 Å². The van der Waals surface area contributed by atoms with Crippen LogP contribution in [0.25, 0.3) is 0 Å². The number of amides is 1. The topological polar surface area (TPSA) is 51.0 Å². The molecule has 0 aromatic carbocycles. The Morgan fingerprint density at radius 1 is 1.43 bits per heavy atom. The first-order valence-electron chi connectivity index (χ1n) is 7.08. The van der Waals surface area contributed by atoms with Gasteiger partial charge in [-0.25, -0.2) is 9.97 Å². The van der Waals surface area contributed by atoms with Crippen molar-refractivity contribution in [3.63, 3.8) is 0 Å². The Kier molecular flexibility index (Phi) is 4.77. The van der Waals surface area contributed by atoms with Crippen LogP contribution in [0.15, 0.2) is 17.8 Å². The maximum atomic E-state index is 12.6. The van der Waals surface area contributed by atoms with Crippen molar-refractivity contribution in [1.29, 1.82) is 0 Å². The minimum Gasteiger partial charge on any atom is -0.338 e. The van der Waals surface area contributed by atoms with E-state index in [1.54, 1.807) is 22.4 Å². The normalized spacial score (nSPS) is 12.7. The van der Waals surface area contributed by atoms with Gasteiger partial charge in [0.05, 0.1) is 17.2 Å².